The Labute approximate surface area is 148 Å². The van der Waals surface area contributed by atoms with Gasteiger partial charge in [0.2, 0.25) is 10.0 Å². The summed E-state index contributed by atoms with van der Waals surface area (Å²) in [5, 5.41) is 7.69. The maximum atomic E-state index is 12.1. The fourth-order valence-corrected chi connectivity index (χ4v) is 2.89. The topological polar surface area (TPSA) is 98.5 Å². The summed E-state index contributed by atoms with van der Waals surface area (Å²) < 4.78 is 28.4. The molecule has 0 spiro atoms. The molecule has 7 heteroatoms. The standard InChI is InChI=1S/C18H22N2O4S/c1-12(2)16-8-7-13(3)9-17(16)24-11-18(21)20-14-5-4-6-15(10-14)25(19,22)23/h4-10,12H,11H2,1-3H3,(H,20,21)(H2,19,22,23). The zero-order valence-corrected chi connectivity index (χ0v) is 15.3. The van der Waals surface area contributed by atoms with Crippen molar-refractivity contribution in [3.05, 3.63) is 53.6 Å². The van der Waals surface area contributed by atoms with Crippen LogP contribution in [0.1, 0.15) is 30.9 Å². The molecule has 0 saturated heterocycles. The SMILES string of the molecule is Cc1ccc(C(C)C)c(OCC(=O)Nc2cccc(S(N)(=O)=O)c2)c1. The van der Waals surface area contributed by atoms with Crippen molar-refractivity contribution in [2.75, 3.05) is 11.9 Å². The van der Waals surface area contributed by atoms with Crippen LogP contribution in [-0.2, 0) is 14.8 Å². The fourth-order valence-electron chi connectivity index (χ4n) is 2.33. The average molecular weight is 362 g/mol. The Bertz CT molecular complexity index is 876. The molecule has 6 nitrogen and oxygen atoms in total. The number of nitrogens with one attached hydrogen (secondary N) is 1. The minimum absolute atomic E-state index is 0.0630. The number of hydrogen-bond acceptors (Lipinski definition) is 4. The van der Waals surface area contributed by atoms with Gasteiger partial charge in [-0.2, -0.15) is 0 Å². The first-order chi connectivity index (χ1) is 11.7. The van der Waals surface area contributed by atoms with Crippen LogP contribution in [0, 0.1) is 6.92 Å². The summed E-state index contributed by atoms with van der Waals surface area (Å²) in [6, 6.07) is 11.6. The number of rotatable bonds is 6. The van der Waals surface area contributed by atoms with Crippen molar-refractivity contribution in [2.24, 2.45) is 5.14 Å². The summed E-state index contributed by atoms with van der Waals surface area (Å²) in [5.41, 5.74) is 2.41. The zero-order valence-electron chi connectivity index (χ0n) is 14.4. The van der Waals surface area contributed by atoms with Gasteiger partial charge in [-0.15, -0.1) is 0 Å². The Morgan fingerprint density at radius 1 is 1.20 bits per heavy atom. The minimum atomic E-state index is -3.82. The van der Waals surface area contributed by atoms with E-state index in [-0.39, 0.29) is 23.3 Å². The number of carbonyl (C=O) groups excluding carboxylic acids is 1. The Kier molecular flexibility index (Phi) is 5.81. The number of sulfonamides is 1. The summed E-state index contributed by atoms with van der Waals surface area (Å²) in [5.74, 6) is 0.552. The molecule has 0 radical (unpaired) electrons. The van der Waals surface area contributed by atoms with E-state index in [2.05, 4.69) is 19.2 Å². The van der Waals surface area contributed by atoms with Gasteiger partial charge in [0.15, 0.2) is 6.61 Å². The molecular formula is C18H22N2O4S. The molecule has 2 rings (SSSR count). The van der Waals surface area contributed by atoms with Crippen LogP contribution in [0.15, 0.2) is 47.4 Å². The van der Waals surface area contributed by atoms with Gasteiger partial charge in [0, 0.05) is 5.69 Å². The number of amides is 1. The van der Waals surface area contributed by atoms with Gasteiger partial charge in [-0.3, -0.25) is 4.79 Å². The van der Waals surface area contributed by atoms with E-state index in [4.69, 9.17) is 9.88 Å². The normalized spacial score (nSPS) is 11.4. The van der Waals surface area contributed by atoms with Crippen LogP contribution in [0.2, 0.25) is 0 Å². The van der Waals surface area contributed by atoms with E-state index in [9.17, 15) is 13.2 Å². The molecule has 0 heterocycles. The quantitative estimate of drug-likeness (QED) is 0.825. The third kappa shape index (κ3) is 5.30. The van der Waals surface area contributed by atoms with Crippen molar-refractivity contribution in [1.29, 1.82) is 0 Å². The van der Waals surface area contributed by atoms with Crippen LogP contribution in [0.25, 0.3) is 0 Å². The number of hydrogen-bond donors (Lipinski definition) is 2. The molecule has 134 valence electrons. The highest BCUT2D eigenvalue weighted by Gasteiger charge is 2.12. The van der Waals surface area contributed by atoms with E-state index >= 15 is 0 Å². The fraction of sp³-hybridized carbons (Fsp3) is 0.278. The molecule has 3 N–H and O–H groups in total. The summed E-state index contributed by atoms with van der Waals surface area (Å²) in [6.45, 7) is 5.88. The number of aryl methyl sites for hydroxylation is 1. The highest BCUT2D eigenvalue weighted by molar-refractivity contribution is 7.89. The Balaban J connectivity index is 2.06. The molecule has 0 aliphatic heterocycles. The monoisotopic (exact) mass is 362 g/mol. The highest BCUT2D eigenvalue weighted by atomic mass is 32.2. The molecule has 0 aliphatic rings. The molecule has 2 aromatic rings. The Morgan fingerprint density at radius 2 is 1.92 bits per heavy atom. The Hall–Kier alpha value is -2.38. The largest absolute Gasteiger partial charge is 0.483 e. The highest BCUT2D eigenvalue weighted by Crippen LogP contribution is 2.27. The third-order valence-corrected chi connectivity index (χ3v) is 4.51. The minimum Gasteiger partial charge on any atom is -0.483 e. The lowest BCUT2D eigenvalue weighted by molar-refractivity contribution is -0.118. The molecule has 0 atom stereocenters. The Morgan fingerprint density at radius 3 is 2.56 bits per heavy atom. The number of primary sulfonamides is 1. The van der Waals surface area contributed by atoms with Crippen molar-refractivity contribution in [3.63, 3.8) is 0 Å². The lowest BCUT2D eigenvalue weighted by Gasteiger charge is -2.15. The number of ether oxygens (including phenoxy) is 1. The maximum absolute atomic E-state index is 12.1. The van der Waals surface area contributed by atoms with Crippen LogP contribution in [0.3, 0.4) is 0 Å². The predicted molar refractivity (Wildman–Crippen MR) is 97.2 cm³/mol. The first-order valence-electron chi connectivity index (χ1n) is 7.83. The van der Waals surface area contributed by atoms with Gasteiger partial charge in [-0.05, 0) is 48.2 Å². The van der Waals surface area contributed by atoms with Gasteiger partial charge in [0.05, 0.1) is 4.90 Å². The maximum Gasteiger partial charge on any atom is 0.262 e. The van der Waals surface area contributed by atoms with Gasteiger partial charge >= 0.3 is 0 Å². The molecule has 0 saturated carbocycles. The third-order valence-electron chi connectivity index (χ3n) is 3.60. The van der Waals surface area contributed by atoms with Gasteiger partial charge in [-0.25, -0.2) is 13.6 Å². The zero-order chi connectivity index (χ0) is 18.6. The van der Waals surface area contributed by atoms with E-state index in [1.54, 1.807) is 6.07 Å². The van der Waals surface area contributed by atoms with Crippen molar-refractivity contribution in [1.82, 2.24) is 0 Å². The second-order valence-corrected chi connectivity index (χ2v) is 7.67. The molecule has 25 heavy (non-hydrogen) atoms. The van der Waals surface area contributed by atoms with E-state index in [0.29, 0.717) is 11.4 Å². The first kappa shape index (κ1) is 19.0. The molecule has 0 aromatic heterocycles. The average Bonchev–Trinajstić information content (AvgIpc) is 2.52. The van der Waals surface area contributed by atoms with Crippen LogP contribution in [0.4, 0.5) is 5.69 Å². The number of nitrogens with two attached hydrogens (primary N) is 1. The van der Waals surface area contributed by atoms with Gasteiger partial charge in [-0.1, -0.05) is 32.0 Å². The van der Waals surface area contributed by atoms with Crippen LogP contribution >= 0.6 is 0 Å². The van der Waals surface area contributed by atoms with Crippen molar-refractivity contribution in [2.45, 2.75) is 31.6 Å². The van der Waals surface area contributed by atoms with E-state index in [1.807, 2.05) is 25.1 Å². The second-order valence-electron chi connectivity index (χ2n) is 6.11. The van der Waals surface area contributed by atoms with Crippen LogP contribution in [-0.4, -0.2) is 20.9 Å². The van der Waals surface area contributed by atoms with Crippen LogP contribution in [0.5, 0.6) is 5.75 Å². The second kappa shape index (κ2) is 7.67. The molecule has 1 amide bonds. The summed E-state index contributed by atoms with van der Waals surface area (Å²) in [4.78, 5) is 12.0. The van der Waals surface area contributed by atoms with Gasteiger partial charge in [0.25, 0.3) is 5.91 Å². The van der Waals surface area contributed by atoms with Crippen molar-refractivity contribution < 1.29 is 17.9 Å². The van der Waals surface area contributed by atoms with E-state index < -0.39 is 10.0 Å². The van der Waals surface area contributed by atoms with Crippen LogP contribution < -0.4 is 15.2 Å². The van der Waals surface area contributed by atoms with E-state index in [0.717, 1.165) is 11.1 Å². The lowest BCUT2D eigenvalue weighted by Crippen LogP contribution is -2.21. The number of anilines is 1. The van der Waals surface area contributed by atoms with Gasteiger partial charge < -0.3 is 10.1 Å². The molecule has 0 aliphatic carbocycles. The van der Waals surface area contributed by atoms with Crippen molar-refractivity contribution >= 4 is 21.6 Å². The molecule has 0 fully saturated rings. The molecule has 0 bridgehead atoms. The predicted octanol–water partition coefficient (Wildman–Crippen LogP) is 2.78. The summed E-state index contributed by atoms with van der Waals surface area (Å²) in [6.07, 6.45) is 0. The molecule has 2 aromatic carbocycles. The molecule has 0 unspecified atom stereocenters. The summed E-state index contributed by atoms with van der Waals surface area (Å²) in [7, 11) is -3.82. The van der Waals surface area contributed by atoms with Gasteiger partial charge in [0.1, 0.15) is 5.75 Å². The number of carbonyl (C=O) groups is 1. The van der Waals surface area contributed by atoms with E-state index in [1.165, 1.54) is 18.2 Å². The smallest absolute Gasteiger partial charge is 0.262 e. The first-order valence-corrected chi connectivity index (χ1v) is 9.37. The van der Waals surface area contributed by atoms with Crippen molar-refractivity contribution in [3.8, 4) is 5.75 Å². The lowest BCUT2D eigenvalue weighted by atomic mass is 10.0. The molecular weight excluding hydrogens is 340 g/mol. The summed E-state index contributed by atoms with van der Waals surface area (Å²) >= 11 is 0. The number of benzene rings is 2.